The Morgan fingerprint density at radius 2 is 1.72 bits per heavy atom. The Hall–Kier alpha value is -4.46. The Bertz CT molecular complexity index is 1770. The Labute approximate surface area is 284 Å². The first-order valence-corrected chi connectivity index (χ1v) is 16.5. The van der Waals surface area contributed by atoms with Crippen molar-refractivity contribution in [2.75, 3.05) is 37.8 Å². The van der Waals surface area contributed by atoms with E-state index in [0.29, 0.717) is 63.1 Å². The quantitative estimate of drug-likeness (QED) is 0.0808. The summed E-state index contributed by atoms with van der Waals surface area (Å²) in [5.41, 5.74) is 8.76. The van der Waals surface area contributed by atoms with E-state index in [1.165, 1.54) is 11.3 Å². The van der Waals surface area contributed by atoms with Crippen molar-refractivity contribution >= 4 is 63.0 Å². The molecule has 0 spiro atoms. The minimum atomic E-state index is -0.415. The maximum absolute atomic E-state index is 13.3. The number of amides is 3. The Morgan fingerprint density at radius 3 is 2.43 bits per heavy atom. The summed E-state index contributed by atoms with van der Waals surface area (Å²) in [5.74, 6) is -0.329. The molecule has 47 heavy (non-hydrogen) atoms. The molecule has 0 aliphatic heterocycles. The van der Waals surface area contributed by atoms with Gasteiger partial charge in [0.05, 0.1) is 11.4 Å². The average Bonchev–Trinajstić information content (AvgIpc) is 3.69. The Morgan fingerprint density at radius 1 is 1.02 bits per heavy atom. The number of aliphatic imine (C=N–C) groups is 1. The van der Waals surface area contributed by atoms with Gasteiger partial charge in [0.15, 0.2) is 5.13 Å². The van der Waals surface area contributed by atoms with Crippen LogP contribution in [-0.4, -0.2) is 69.8 Å². The van der Waals surface area contributed by atoms with Crippen molar-refractivity contribution in [2.45, 2.75) is 33.1 Å². The van der Waals surface area contributed by atoms with Crippen LogP contribution in [0.3, 0.4) is 0 Å². The van der Waals surface area contributed by atoms with E-state index in [4.69, 9.17) is 17.3 Å². The summed E-state index contributed by atoms with van der Waals surface area (Å²) < 4.78 is 3.26. The van der Waals surface area contributed by atoms with E-state index in [2.05, 4.69) is 44.7 Å². The fourth-order valence-electron chi connectivity index (χ4n) is 4.75. The summed E-state index contributed by atoms with van der Waals surface area (Å²) in [7, 11) is 7.42. The van der Waals surface area contributed by atoms with E-state index in [-0.39, 0.29) is 17.6 Å². The normalized spacial score (nSPS) is 11.7. The van der Waals surface area contributed by atoms with Gasteiger partial charge < -0.3 is 30.4 Å². The van der Waals surface area contributed by atoms with Crippen LogP contribution in [0.15, 0.2) is 53.8 Å². The molecular formula is C33H42ClN9O3S. The van der Waals surface area contributed by atoms with Gasteiger partial charge in [0.2, 0.25) is 0 Å². The van der Waals surface area contributed by atoms with Crippen molar-refractivity contribution in [1.82, 2.24) is 24.3 Å². The number of halogens is 1. The maximum Gasteiger partial charge on any atom is 0.274 e. The number of carbonyl (C=O) groups excluding carboxylic acids is 3. The standard InChI is InChI=1S/C33H42ClN9O3S/c1-20(2)11-12-27-28(32(46)36-13-8-14-41(3)4)39-33(47-27)40-31(45)26-17-24(19-43(26)6)38-30(44)25-16-23(18-42(25)5)37-29(35)21-9-7-10-22(34)15-21/h7,9-10,15-20H,8,11-14H2,1-6H3,(H2,35,37)(H,36,46)(H,38,44)(H,39,40,45). The summed E-state index contributed by atoms with van der Waals surface area (Å²) in [4.78, 5) is 51.3. The third-order valence-corrected chi connectivity index (χ3v) is 8.50. The third-order valence-electron chi connectivity index (χ3n) is 7.24. The van der Waals surface area contributed by atoms with Gasteiger partial charge in [-0.15, -0.1) is 11.3 Å². The lowest BCUT2D eigenvalue weighted by molar-refractivity contribution is 0.0944. The van der Waals surface area contributed by atoms with E-state index in [0.717, 1.165) is 24.3 Å². The molecule has 12 nitrogen and oxygen atoms in total. The van der Waals surface area contributed by atoms with Crippen molar-refractivity contribution < 1.29 is 14.4 Å². The van der Waals surface area contributed by atoms with Crippen molar-refractivity contribution in [3.8, 4) is 0 Å². The minimum absolute atomic E-state index is 0.246. The zero-order valence-corrected chi connectivity index (χ0v) is 29.1. The summed E-state index contributed by atoms with van der Waals surface area (Å²) in [6.07, 6.45) is 5.73. The molecule has 3 heterocycles. The molecule has 0 saturated carbocycles. The first-order valence-electron chi connectivity index (χ1n) is 15.3. The predicted molar refractivity (Wildman–Crippen MR) is 189 cm³/mol. The topological polar surface area (TPSA) is 152 Å². The van der Waals surface area contributed by atoms with Crippen LogP contribution in [-0.2, 0) is 20.5 Å². The highest BCUT2D eigenvalue weighted by Crippen LogP contribution is 2.27. The molecule has 250 valence electrons. The number of nitrogens with two attached hydrogens (primary N) is 1. The maximum atomic E-state index is 13.3. The fraction of sp³-hybridized carbons (Fsp3) is 0.364. The molecule has 3 aromatic heterocycles. The van der Waals surface area contributed by atoms with Crippen molar-refractivity contribution in [3.05, 3.63) is 81.3 Å². The molecule has 3 amide bonds. The fourth-order valence-corrected chi connectivity index (χ4v) is 5.91. The molecule has 0 aliphatic carbocycles. The lowest BCUT2D eigenvalue weighted by atomic mass is 10.1. The van der Waals surface area contributed by atoms with Crippen molar-refractivity contribution in [1.29, 1.82) is 0 Å². The highest BCUT2D eigenvalue weighted by Gasteiger charge is 2.22. The molecule has 0 aliphatic rings. The SMILES string of the molecule is CC(C)CCc1sc(NC(=O)c2cc(NC(=O)c3cc(N=C(N)c4cccc(Cl)c4)cn3C)cn2C)nc1C(=O)NCCCN(C)C. The van der Waals surface area contributed by atoms with E-state index >= 15 is 0 Å². The van der Waals surface area contributed by atoms with Gasteiger partial charge in [0.1, 0.15) is 22.9 Å². The number of nitrogens with one attached hydrogen (secondary N) is 3. The lowest BCUT2D eigenvalue weighted by Crippen LogP contribution is -2.28. The zero-order chi connectivity index (χ0) is 34.2. The first kappa shape index (κ1) is 35.4. The predicted octanol–water partition coefficient (Wildman–Crippen LogP) is 5.29. The number of aryl methyl sites for hydroxylation is 3. The van der Waals surface area contributed by atoms with Crippen molar-refractivity contribution in [3.63, 3.8) is 0 Å². The van der Waals surface area contributed by atoms with Crippen LogP contribution in [0.4, 0.5) is 16.5 Å². The summed E-state index contributed by atoms with van der Waals surface area (Å²) in [6.45, 7) is 5.64. The molecule has 0 radical (unpaired) electrons. The molecule has 0 bridgehead atoms. The van der Waals surface area contributed by atoms with Crippen LogP contribution < -0.4 is 21.7 Å². The van der Waals surface area contributed by atoms with Gasteiger partial charge in [-0.3, -0.25) is 19.7 Å². The highest BCUT2D eigenvalue weighted by molar-refractivity contribution is 7.16. The molecular weight excluding hydrogens is 638 g/mol. The number of benzene rings is 1. The highest BCUT2D eigenvalue weighted by atomic mass is 35.5. The summed E-state index contributed by atoms with van der Waals surface area (Å²) in [5, 5.41) is 9.52. The van der Waals surface area contributed by atoms with E-state index < -0.39 is 5.91 Å². The van der Waals surface area contributed by atoms with Gasteiger partial charge in [-0.05, 0) is 70.1 Å². The monoisotopic (exact) mass is 679 g/mol. The Kier molecular flexibility index (Phi) is 12.0. The van der Waals surface area contributed by atoms with Crippen LogP contribution in [0.5, 0.6) is 0 Å². The van der Waals surface area contributed by atoms with Crippen molar-refractivity contribution in [2.24, 2.45) is 30.7 Å². The van der Waals surface area contributed by atoms with Crippen LogP contribution in [0, 0.1) is 5.92 Å². The number of rotatable bonds is 14. The average molecular weight is 680 g/mol. The summed E-state index contributed by atoms with van der Waals surface area (Å²) in [6, 6.07) is 10.2. The molecule has 1 aromatic carbocycles. The van der Waals surface area contributed by atoms with E-state index in [9.17, 15) is 14.4 Å². The van der Waals surface area contributed by atoms with Crippen LogP contribution in [0.2, 0.25) is 5.02 Å². The second-order valence-electron chi connectivity index (χ2n) is 12.0. The minimum Gasteiger partial charge on any atom is -0.383 e. The molecule has 0 saturated heterocycles. The number of nitrogens with zero attached hydrogens (tertiary/aromatic N) is 5. The van der Waals surface area contributed by atoms with Gasteiger partial charge in [0, 0.05) is 48.5 Å². The zero-order valence-electron chi connectivity index (χ0n) is 27.6. The molecule has 5 N–H and O–H groups in total. The van der Waals surface area contributed by atoms with Crippen LogP contribution >= 0.6 is 22.9 Å². The number of amidine groups is 1. The number of hydrogen-bond acceptors (Lipinski definition) is 7. The summed E-state index contributed by atoms with van der Waals surface area (Å²) >= 11 is 7.37. The second-order valence-corrected chi connectivity index (χ2v) is 13.5. The number of aromatic nitrogens is 3. The molecule has 0 fully saturated rings. The van der Waals surface area contributed by atoms with E-state index in [1.807, 2.05) is 14.1 Å². The largest absolute Gasteiger partial charge is 0.383 e. The molecule has 0 unspecified atom stereocenters. The van der Waals surface area contributed by atoms with Gasteiger partial charge in [-0.1, -0.05) is 37.6 Å². The number of carbonyl (C=O) groups is 3. The van der Waals surface area contributed by atoms with E-state index in [1.54, 1.807) is 72.0 Å². The van der Waals surface area contributed by atoms with Gasteiger partial charge in [-0.25, -0.2) is 9.98 Å². The Balaban J connectivity index is 1.44. The number of hydrogen-bond donors (Lipinski definition) is 4. The number of anilines is 2. The van der Waals surface area contributed by atoms with Gasteiger partial charge in [0.25, 0.3) is 17.7 Å². The smallest absolute Gasteiger partial charge is 0.274 e. The molecule has 14 heteroatoms. The first-order chi connectivity index (χ1) is 22.3. The second kappa shape index (κ2) is 15.9. The number of thiazole rings is 1. The van der Waals surface area contributed by atoms with Crippen LogP contribution in [0.1, 0.15) is 68.6 Å². The van der Waals surface area contributed by atoms with Gasteiger partial charge >= 0.3 is 0 Å². The third kappa shape index (κ3) is 9.77. The van der Waals surface area contributed by atoms with Crippen LogP contribution in [0.25, 0.3) is 0 Å². The lowest BCUT2D eigenvalue weighted by Gasteiger charge is -2.10. The van der Waals surface area contributed by atoms with Gasteiger partial charge in [-0.2, -0.15) is 0 Å². The molecule has 0 atom stereocenters. The molecule has 4 aromatic rings. The molecule has 4 rings (SSSR count).